The lowest BCUT2D eigenvalue weighted by atomic mass is 9.79. The van der Waals surface area contributed by atoms with Crippen LogP contribution in [0.2, 0.25) is 0 Å². The molecule has 16 heavy (non-hydrogen) atoms. The summed E-state index contributed by atoms with van der Waals surface area (Å²) in [6, 6.07) is 0. The average Bonchev–Trinajstić information content (AvgIpc) is 2.28. The molecule has 1 saturated heterocycles. The third-order valence-electron chi connectivity index (χ3n) is 3.49. The van der Waals surface area contributed by atoms with E-state index >= 15 is 0 Å². The second-order valence-corrected chi connectivity index (χ2v) is 4.68. The van der Waals surface area contributed by atoms with Crippen molar-refractivity contribution in [3.8, 4) is 0 Å². The second kappa shape index (κ2) is 5.15. The normalized spacial score (nSPS) is 34.8. The summed E-state index contributed by atoms with van der Waals surface area (Å²) >= 11 is 0. The lowest BCUT2D eigenvalue weighted by molar-refractivity contribution is -0.163. The Morgan fingerprint density at radius 3 is 2.69 bits per heavy atom. The summed E-state index contributed by atoms with van der Waals surface area (Å²) in [5.74, 6) is -0.169. The van der Waals surface area contributed by atoms with E-state index < -0.39 is 5.54 Å². The van der Waals surface area contributed by atoms with E-state index in [0.717, 1.165) is 13.0 Å². The van der Waals surface area contributed by atoms with Crippen LogP contribution in [-0.4, -0.2) is 37.4 Å². The van der Waals surface area contributed by atoms with E-state index in [1.54, 1.807) is 0 Å². The number of esters is 1. The quantitative estimate of drug-likeness (QED) is 0.742. The van der Waals surface area contributed by atoms with Crippen LogP contribution in [0.1, 0.15) is 40.0 Å². The van der Waals surface area contributed by atoms with Crippen LogP contribution in [-0.2, 0) is 14.3 Å². The standard InChI is InChI=1S/C12H23NO3/c1-5-11(3)9-12(13-6-2,7-8-16-11)10(14)15-4/h13H,5-9H2,1-4H3. The summed E-state index contributed by atoms with van der Waals surface area (Å²) in [6.07, 6.45) is 2.26. The first-order valence-electron chi connectivity index (χ1n) is 5.99. The Balaban J connectivity index is 2.88. The Kier molecular flexibility index (Phi) is 4.33. The van der Waals surface area contributed by atoms with Crippen LogP contribution in [0.3, 0.4) is 0 Å². The van der Waals surface area contributed by atoms with Gasteiger partial charge in [0, 0.05) is 13.0 Å². The van der Waals surface area contributed by atoms with Gasteiger partial charge in [0.1, 0.15) is 5.54 Å². The zero-order valence-electron chi connectivity index (χ0n) is 10.8. The average molecular weight is 229 g/mol. The molecule has 0 aromatic rings. The minimum Gasteiger partial charge on any atom is -0.468 e. The molecular weight excluding hydrogens is 206 g/mol. The van der Waals surface area contributed by atoms with Gasteiger partial charge in [-0.1, -0.05) is 13.8 Å². The number of hydrogen-bond acceptors (Lipinski definition) is 4. The number of likely N-dealkylation sites (N-methyl/N-ethyl adjacent to an activating group) is 1. The van der Waals surface area contributed by atoms with Crippen molar-refractivity contribution >= 4 is 5.97 Å². The van der Waals surface area contributed by atoms with Crippen molar-refractivity contribution in [3.05, 3.63) is 0 Å². The fourth-order valence-electron chi connectivity index (χ4n) is 2.41. The van der Waals surface area contributed by atoms with Crippen molar-refractivity contribution < 1.29 is 14.3 Å². The molecule has 0 spiro atoms. The minimum atomic E-state index is -0.563. The SMILES string of the molecule is CCNC1(C(=O)OC)CCOC(C)(CC)C1. The molecule has 0 saturated carbocycles. The van der Waals surface area contributed by atoms with E-state index in [2.05, 4.69) is 19.2 Å². The summed E-state index contributed by atoms with van der Waals surface area (Å²) in [4.78, 5) is 11.9. The molecule has 0 amide bonds. The summed E-state index contributed by atoms with van der Waals surface area (Å²) in [7, 11) is 1.44. The van der Waals surface area contributed by atoms with Gasteiger partial charge in [-0.25, -0.2) is 0 Å². The molecule has 4 nitrogen and oxygen atoms in total. The summed E-state index contributed by atoms with van der Waals surface area (Å²) < 4.78 is 10.7. The molecule has 1 aliphatic rings. The number of rotatable bonds is 4. The third-order valence-corrected chi connectivity index (χ3v) is 3.49. The monoisotopic (exact) mass is 229 g/mol. The molecule has 2 unspecified atom stereocenters. The summed E-state index contributed by atoms with van der Waals surface area (Å²) in [5.41, 5.74) is -0.791. The van der Waals surface area contributed by atoms with Crippen LogP contribution in [0.5, 0.6) is 0 Å². The fraction of sp³-hybridized carbons (Fsp3) is 0.917. The highest BCUT2D eigenvalue weighted by Gasteiger charge is 2.47. The molecule has 0 radical (unpaired) electrons. The van der Waals surface area contributed by atoms with Crippen LogP contribution in [0.15, 0.2) is 0 Å². The molecular formula is C12H23NO3. The Morgan fingerprint density at radius 1 is 1.50 bits per heavy atom. The molecule has 1 rings (SSSR count). The number of carbonyl (C=O) groups is 1. The smallest absolute Gasteiger partial charge is 0.326 e. The maximum Gasteiger partial charge on any atom is 0.326 e. The second-order valence-electron chi connectivity index (χ2n) is 4.68. The van der Waals surface area contributed by atoms with E-state index in [-0.39, 0.29) is 11.6 Å². The molecule has 1 aliphatic heterocycles. The van der Waals surface area contributed by atoms with Gasteiger partial charge in [-0.15, -0.1) is 0 Å². The van der Waals surface area contributed by atoms with Crippen molar-refractivity contribution in [2.24, 2.45) is 0 Å². The van der Waals surface area contributed by atoms with E-state index in [0.29, 0.717) is 19.4 Å². The van der Waals surface area contributed by atoms with E-state index in [1.807, 2.05) is 6.92 Å². The van der Waals surface area contributed by atoms with Gasteiger partial charge >= 0.3 is 5.97 Å². The third kappa shape index (κ3) is 2.55. The first-order valence-corrected chi connectivity index (χ1v) is 5.99. The van der Waals surface area contributed by atoms with Crippen molar-refractivity contribution in [2.75, 3.05) is 20.3 Å². The zero-order chi connectivity index (χ0) is 12.2. The molecule has 0 bridgehead atoms. The number of ether oxygens (including phenoxy) is 2. The largest absolute Gasteiger partial charge is 0.468 e. The zero-order valence-corrected chi connectivity index (χ0v) is 10.8. The molecule has 1 fully saturated rings. The Morgan fingerprint density at radius 2 is 2.19 bits per heavy atom. The molecule has 94 valence electrons. The summed E-state index contributed by atoms with van der Waals surface area (Å²) in [6.45, 7) is 7.51. The van der Waals surface area contributed by atoms with Crippen molar-refractivity contribution in [3.63, 3.8) is 0 Å². The molecule has 2 atom stereocenters. The van der Waals surface area contributed by atoms with Crippen LogP contribution in [0, 0.1) is 0 Å². The van der Waals surface area contributed by atoms with Crippen LogP contribution < -0.4 is 5.32 Å². The van der Waals surface area contributed by atoms with Crippen LogP contribution in [0.4, 0.5) is 0 Å². The molecule has 0 aromatic heterocycles. The van der Waals surface area contributed by atoms with Crippen molar-refractivity contribution in [2.45, 2.75) is 51.2 Å². The highest BCUT2D eigenvalue weighted by Crippen LogP contribution is 2.35. The number of nitrogens with one attached hydrogen (secondary N) is 1. The van der Waals surface area contributed by atoms with Crippen molar-refractivity contribution in [1.29, 1.82) is 0 Å². The highest BCUT2D eigenvalue weighted by atomic mass is 16.5. The lowest BCUT2D eigenvalue weighted by Crippen LogP contribution is -2.60. The number of methoxy groups -OCH3 is 1. The highest BCUT2D eigenvalue weighted by molar-refractivity contribution is 5.81. The maximum atomic E-state index is 11.9. The Hall–Kier alpha value is -0.610. The van der Waals surface area contributed by atoms with Gasteiger partial charge in [-0.05, 0) is 26.3 Å². The Bertz CT molecular complexity index is 253. The van der Waals surface area contributed by atoms with Gasteiger partial charge in [0.05, 0.1) is 12.7 Å². The van der Waals surface area contributed by atoms with Gasteiger partial charge in [0.2, 0.25) is 0 Å². The summed E-state index contributed by atoms with van der Waals surface area (Å²) in [5, 5.41) is 3.28. The number of hydrogen-bond donors (Lipinski definition) is 1. The first-order chi connectivity index (χ1) is 7.52. The fourth-order valence-corrected chi connectivity index (χ4v) is 2.41. The van der Waals surface area contributed by atoms with Crippen LogP contribution >= 0.6 is 0 Å². The van der Waals surface area contributed by atoms with Gasteiger partial charge < -0.3 is 14.8 Å². The first kappa shape index (κ1) is 13.5. The maximum absolute atomic E-state index is 11.9. The molecule has 4 heteroatoms. The van der Waals surface area contributed by atoms with E-state index in [4.69, 9.17) is 9.47 Å². The minimum absolute atomic E-state index is 0.169. The predicted molar refractivity (Wildman–Crippen MR) is 62.3 cm³/mol. The molecule has 1 N–H and O–H groups in total. The van der Waals surface area contributed by atoms with E-state index in [1.165, 1.54) is 7.11 Å². The predicted octanol–water partition coefficient (Wildman–Crippen LogP) is 1.49. The number of carbonyl (C=O) groups excluding carboxylic acids is 1. The Labute approximate surface area is 97.7 Å². The van der Waals surface area contributed by atoms with Gasteiger partial charge in [0.25, 0.3) is 0 Å². The van der Waals surface area contributed by atoms with Gasteiger partial charge in [-0.3, -0.25) is 4.79 Å². The molecule has 0 aromatic carbocycles. The lowest BCUT2D eigenvalue weighted by Gasteiger charge is -2.44. The van der Waals surface area contributed by atoms with Crippen LogP contribution in [0.25, 0.3) is 0 Å². The topological polar surface area (TPSA) is 47.6 Å². The van der Waals surface area contributed by atoms with E-state index in [9.17, 15) is 4.79 Å². The van der Waals surface area contributed by atoms with Gasteiger partial charge in [0.15, 0.2) is 0 Å². The molecule has 0 aliphatic carbocycles. The van der Waals surface area contributed by atoms with Gasteiger partial charge in [-0.2, -0.15) is 0 Å². The molecule has 1 heterocycles. The van der Waals surface area contributed by atoms with Crippen molar-refractivity contribution in [1.82, 2.24) is 5.32 Å².